The average molecular weight is 299 g/mol. The first-order valence-corrected chi connectivity index (χ1v) is 6.74. The van der Waals surface area contributed by atoms with Gasteiger partial charge >= 0.3 is 5.97 Å². The van der Waals surface area contributed by atoms with Gasteiger partial charge in [0.15, 0.2) is 11.5 Å². The Hall–Kier alpha value is -2.82. The highest BCUT2D eigenvalue weighted by atomic mass is 16.5. The molecule has 0 amide bonds. The number of rotatable bonds is 7. The fourth-order valence-corrected chi connectivity index (χ4v) is 1.96. The molecule has 0 aliphatic carbocycles. The standard InChI is InChI=1S/C17H17NO4/c1-3-5-12-8-9-15(16(10-12)21-2)22-11-13-6-4-7-14(18-13)17(19)20/h3-4,6-10H,1,5,11H2,2H3,(H,19,20). The van der Waals surface area contributed by atoms with E-state index in [4.69, 9.17) is 14.6 Å². The third-order valence-corrected chi connectivity index (χ3v) is 3.01. The number of hydrogen-bond acceptors (Lipinski definition) is 4. The number of hydrogen-bond donors (Lipinski definition) is 1. The third-order valence-electron chi connectivity index (χ3n) is 3.01. The van der Waals surface area contributed by atoms with Gasteiger partial charge in [0.1, 0.15) is 12.3 Å². The minimum absolute atomic E-state index is 0.00519. The second-order valence-electron chi connectivity index (χ2n) is 4.59. The van der Waals surface area contributed by atoms with Gasteiger partial charge in [-0.3, -0.25) is 0 Å². The summed E-state index contributed by atoms with van der Waals surface area (Å²) in [7, 11) is 1.57. The Morgan fingerprint density at radius 2 is 2.14 bits per heavy atom. The van der Waals surface area contributed by atoms with Crippen molar-refractivity contribution in [1.82, 2.24) is 4.98 Å². The topological polar surface area (TPSA) is 68.7 Å². The van der Waals surface area contributed by atoms with Gasteiger partial charge in [0.2, 0.25) is 0 Å². The smallest absolute Gasteiger partial charge is 0.354 e. The molecular weight excluding hydrogens is 282 g/mol. The molecule has 0 unspecified atom stereocenters. The van der Waals surface area contributed by atoms with Gasteiger partial charge in [-0.1, -0.05) is 18.2 Å². The van der Waals surface area contributed by atoms with Gasteiger partial charge in [-0.25, -0.2) is 9.78 Å². The van der Waals surface area contributed by atoms with Gasteiger partial charge < -0.3 is 14.6 Å². The Kier molecular flexibility index (Phi) is 5.14. The Morgan fingerprint density at radius 3 is 2.82 bits per heavy atom. The first kappa shape index (κ1) is 15.6. The summed E-state index contributed by atoms with van der Waals surface area (Å²) in [6.45, 7) is 3.87. The zero-order chi connectivity index (χ0) is 15.9. The second-order valence-corrected chi connectivity index (χ2v) is 4.59. The maximum atomic E-state index is 10.9. The lowest BCUT2D eigenvalue weighted by Gasteiger charge is -2.11. The zero-order valence-corrected chi connectivity index (χ0v) is 12.3. The molecule has 0 aliphatic rings. The predicted octanol–water partition coefficient (Wildman–Crippen LogP) is 3.10. The number of aromatic carboxylic acids is 1. The van der Waals surface area contributed by atoms with E-state index in [1.165, 1.54) is 6.07 Å². The zero-order valence-electron chi connectivity index (χ0n) is 12.3. The Morgan fingerprint density at radius 1 is 1.32 bits per heavy atom. The van der Waals surface area contributed by atoms with Gasteiger partial charge in [0, 0.05) is 0 Å². The van der Waals surface area contributed by atoms with Crippen molar-refractivity contribution in [3.05, 3.63) is 66.0 Å². The van der Waals surface area contributed by atoms with Crippen LogP contribution in [0.15, 0.2) is 49.1 Å². The first-order chi connectivity index (χ1) is 10.6. The van der Waals surface area contributed by atoms with E-state index in [0.717, 1.165) is 12.0 Å². The van der Waals surface area contributed by atoms with Crippen LogP contribution >= 0.6 is 0 Å². The van der Waals surface area contributed by atoms with E-state index in [1.807, 2.05) is 24.3 Å². The van der Waals surface area contributed by atoms with E-state index in [1.54, 1.807) is 19.2 Å². The molecule has 0 bridgehead atoms. The van der Waals surface area contributed by atoms with Gasteiger partial charge in [0.05, 0.1) is 12.8 Å². The van der Waals surface area contributed by atoms with Crippen LogP contribution in [0.1, 0.15) is 21.7 Å². The van der Waals surface area contributed by atoms with Crippen LogP contribution in [0.2, 0.25) is 0 Å². The molecule has 1 N–H and O–H groups in total. The summed E-state index contributed by atoms with van der Waals surface area (Å²) in [4.78, 5) is 14.9. The summed E-state index contributed by atoms with van der Waals surface area (Å²) in [5.41, 5.74) is 1.61. The molecule has 2 aromatic rings. The molecule has 0 aliphatic heterocycles. The van der Waals surface area contributed by atoms with E-state index in [2.05, 4.69) is 11.6 Å². The third kappa shape index (κ3) is 3.85. The number of nitrogens with zero attached hydrogens (tertiary/aromatic N) is 1. The summed E-state index contributed by atoms with van der Waals surface area (Å²) in [6.07, 6.45) is 2.56. The molecule has 0 radical (unpaired) electrons. The quantitative estimate of drug-likeness (QED) is 0.796. The Bertz CT molecular complexity index is 682. The van der Waals surface area contributed by atoms with E-state index in [0.29, 0.717) is 17.2 Å². The van der Waals surface area contributed by atoms with Gasteiger partial charge in [0.25, 0.3) is 0 Å². The minimum Gasteiger partial charge on any atom is -0.493 e. The van der Waals surface area contributed by atoms with Gasteiger partial charge in [-0.15, -0.1) is 6.58 Å². The number of carbonyl (C=O) groups is 1. The molecular formula is C17H17NO4. The molecule has 0 saturated heterocycles. The normalized spacial score (nSPS) is 10.0. The lowest BCUT2D eigenvalue weighted by Crippen LogP contribution is -2.05. The molecule has 0 saturated carbocycles. The Balaban J connectivity index is 2.12. The van der Waals surface area contributed by atoms with E-state index < -0.39 is 5.97 Å². The summed E-state index contributed by atoms with van der Waals surface area (Å²) in [5, 5.41) is 8.93. The molecule has 5 heteroatoms. The SMILES string of the molecule is C=CCc1ccc(OCc2cccc(C(=O)O)n2)c(OC)c1. The van der Waals surface area contributed by atoms with Crippen LogP contribution in [-0.4, -0.2) is 23.2 Å². The number of carboxylic acids is 1. The summed E-state index contributed by atoms with van der Waals surface area (Å²) < 4.78 is 11.0. The minimum atomic E-state index is -1.06. The van der Waals surface area contributed by atoms with Gasteiger partial charge in [-0.2, -0.15) is 0 Å². The van der Waals surface area contributed by atoms with E-state index in [9.17, 15) is 4.79 Å². The van der Waals surface area contributed by atoms with Crippen LogP contribution in [0, 0.1) is 0 Å². The van der Waals surface area contributed by atoms with Crippen LogP contribution in [0.4, 0.5) is 0 Å². The monoisotopic (exact) mass is 299 g/mol. The fourth-order valence-electron chi connectivity index (χ4n) is 1.96. The summed E-state index contributed by atoms with van der Waals surface area (Å²) in [6, 6.07) is 10.4. The molecule has 0 atom stereocenters. The van der Waals surface area contributed by atoms with Crippen molar-refractivity contribution in [1.29, 1.82) is 0 Å². The highest BCUT2D eigenvalue weighted by Gasteiger charge is 2.08. The van der Waals surface area contributed by atoms with Crippen molar-refractivity contribution in [2.24, 2.45) is 0 Å². The van der Waals surface area contributed by atoms with Crippen molar-refractivity contribution in [2.75, 3.05) is 7.11 Å². The molecule has 5 nitrogen and oxygen atoms in total. The molecule has 1 heterocycles. The number of carboxylic acid groups (broad SMARTS) is 1. The highest BCUT2D eigenvalue weighted by molar-refractivity contribution is 5.85. The van der Waals surface area contributed by atoms with Gasteiger partial charge in [-0.05, 0) is 36.2 Å². The largest absolute Gasteiger partial charge is 0.493 e. The van der Waals surface area contributed by atoms with Crippen LogP contribution in [0.25, 0.3) is 0 Å². The van der Waals surface area contributed by atoms with Crippen LogP contribution in [0.5, 0.6) is 11.5 Å². The number of benzene rings is 1. The number of ether oxygens (including phenoxy) is 2. The molecule has 0 fully saturated rings. The fraction of sp³-hybridized carbons (Fsp3) is 0.176. The van der Waals surface area contributed by atoms with E-state index in [-0.39, 0.29) is 12.3 Å². The van der Waals surface area contributed by atoms with Crippen molar-refractivity contribution >= 4 is 5.97 Å². The summed E-state index contributed by atoms with van der Waals surface area (Å²) in [5.74, 6) is 0.139. The second kappa shape index (κ2) is 7.26. The number of aromatic nitrogens is 1. The van der Waals surface area contributed by atoms with Crippen LogP contribution < -0.4 is 9.47 Å². The lowest BCUT2D eigenvalue weighted by molar-refractivity contribution is 0.0690. The Labute approximate surface area is 128 Å². The first-order valence-electron chi connectivity index (χ1n) is 6.74. The average Bonchev–Trinajstić information content (AvgIpc) is 2.54. The summed E-state index contributed by atoms with van der Waals surface area (Å²) >= 11 is 0. The predicted molar refractivity (Wildman–Crippen MR) is 82.4 cm³/mol. The number of allylic oxidation sites excluding steroid dienone is 1. The maximum Gasteiger partial charge on any atom is 0.354 e. The molecule has 2 rings (SSSR count). The molecule has 1 aromatic carbocycles. The molecule has 0 spiro atoms. The van der Waals surface area contributed by atoms with Crippen molar-refractivity contribution in [3.8, 4) is 11.5 Å². The van der Waals surface area contributed by atoms with Crippen molar-refractivity contribution in [3.63, 3.8) is 0 Å². The number of pyridine rings is 1. The number of methoxy groups -OCH3 is 1. The lowest BCUT2D eigenvalue weighted by atomic mass is 10.1. The molecule has 114 valence electrons. The maximum absolute atomic E-state index is 10.9. The van der Waals surface area contributed by atoms with Crippen LogP contribution in [0.3, 0.4) is 0 Å². The highest BCUT2D eigenvalue weighted by Crippen LogP contribution is 2.29. The van der Waals surface area contributed by atoms with Crippen molar-refractivity contribution in [2.45, 2.75) is 13.0 Å². The van der Waals surface area contributed by atoms with E-state index >= 15 is 0 Å². The molecule has 22 heavy (non-hydrogen) atoms. The van der Waals surface area contributed by atoms with Crippen molar-refractivity contribution < 1.29 is 19.4 Å². The molecule has 1 aromatic heterocycles. The van der Waals surface area contributed by atoms with Crippen LogP contribution in [-0.2, 0) is 13.0 Å².